The number of nitrogens with zero attached hydrogens (tertiary/aromatic N) is 1. The lowest BCUT2D eigenvalue weighted by Gasteiger charge is -2.22. The van der Waals surface area contributed by atoms with Gasteiger partial charge in [0.15, 0.2) is 0 Å². The van der Waals surface area contributed by atoms with E-state index in [1.807, 2.05) is 29.1 Å². The molecule has 3 nitrogen and oxygen atoms in total. The maximum absolute atomic E-state index is 12.6. The summed E-state index contributed by atoms with van der Waals surface area (Å²) in [4.78, 5) is 12.6. The van der Waals surface area contributed by atoms with Crippen LogP contribution in [0, 0.1) is 17.8 Å². The summed E-state index contributed by atoms with van der Waals surface area (Å²) in [6, 6.07) is 3.90. The second kappa shape index (κ2) is 6.73. The molecule has 21 heavy (non-hydrogen) atoms. The molecule has 4 atom stereocenters. The lowest BCUT2D eigenvalue weighted by molar-refractivity contribution is -0.124. The third kappa shape index (κ3) is 3.37. The Morgan fingerprint density at radius 2 is 2.14 bits per heavy atom. The van der Waals surface area contributed by atoms with Gasteiger partial charge in [0, 0.05) is 18.9 Å². The van der Waals surface area contributed by atoms with E-state index in [-0.39, 0.29) is 11.9 Å². The number of allylic oxidation sites excluding steroid dienone is 2. The number of amides is 1. The summed E-state index contributed by atoms with van der Waals surface area (Å²) in [5.74, 6) is 3.30. The van der Waals surface area contributed by atoms with Gasteiger partial charge >= 0.3 is 0 Å². The molecule has 0 aliphatic heterocycles. The van der Waals surface area contributed by atoms with Gasteiger partial charge in [-0.2, -0.15) is 11.8 Å². The number of thioether (sulfide) groups is 1. The van der Waals surface area contributed by atoms with Gasteiger partial charge < -0.3 is 9.88 Å². The van der Waals surface area contributed by atoms with Crippen LogP contribution in [-0.4, -0.2) is 29.0 Å². The highest BCUT2D eigenvalue weighted by molar-refractivity contribution is 7.98. The predicted molar refractivity (Wildman–Crippen MR) is 88.3 cm³/mol. The summed E-state index contributed by atoms with van der Waals surface area (Å²) >= 11 is 1.80. The monoisotopic (exact) mass is 304 g/mol. The van der Waals surface area contributed by atoms with Crippen LogP contribution < -0.4 is 5.32 Å². The standard InChI is InChI=1S/C17H24N2OS/c1-21-9-6-16(19-7-2-3-8-19)17(20)18-12-15-11-13-4-5-14(15)10-13/h2-5,7-8,13-16H,6,9-12H2,1H3,(H,18,20)/t13-,14-,15-,16-/m0/s1. The number of rotatable bonds is 7. The van der Waals surface area contributed by atoms with E-state index in [4.69, 9.17) is 0 Å². The molecule has 0 spiro atoms. The maximum Gasteiger partial charge on any atom is 0.243 e. The average Bonchev–Trinajstić information content (AvgIpc) is 3.22. The van der Waals surface area contributed by atoms with Crippen molar-refractivity contribution in [3.05, 3.63) is 36.7 Å². The topological polar surface area (TPSA) is 34.0 Å². The van der Waals surface area contributed by atoms with Crippen LogP contribution in [0.25, 0.3) is 0 Å². The second-order valence-corrected chi connectivity index (χ2v) is 7.20. The molecular formula is C17H24N2OS. The lowest BCUT2D eigenvalue weighted by Crippen LogP contribution is -2.36. The molecular weight excluding hydrogens is 280 g/mol. The molecule has 114 valence electrons. The molecule has 0 aromatic carbocycles. The molecule has 1 aromatic heterocycles. The van der Waals surface area contributed by atoms with Crippen molar-refractivity contribution in [1.82, 2.24) is 9.88 Å². The summed E-state index contributed by atoms with van der Waals surface area (Å²) in [6.07, 6.45) is 14.2. The normalized spacial score (nSPS) is 28.0. The zero-order chi connectivity index (χ0) is 14.7. The highest BCUT2D eigenvalue weighted by Crippen LogP contribution is 2.42. The first-order valence-electron chi connectivity index (χ1n) is 7.85. The van der Waals surface area contributed by atoms with Gasteiger partial charge in [0.2, 0.25) is 5.91 Å². The Morgan fingerprint density at radius 3 is 2.76 bits per heavy atom. The van der Waals surface area contributed by atoms with Crippen molar-refractivity contribution in [2.24, 2.45) is 17.8 Å². The molecule has 3 rings (SSSR count). The Balaban J connectivity index is 1.55. The number of hydrogen-bond acceptors (Lipinski definition) is 2. The van der Waals surface area contributed by atoms with E-state index in [0.29, 0.717) is 11.8 Å². The van der Waals surface area contributed by atoms with Crippen LogP contribution in [0.1, 0.15) is 25.3 Å². The fourth-order valence-electron chi connectivity index (χ4n) is 3.68. The van der Waals surface area contributed by atoms with E-state index in [0.717, 1.165) is 24.6 Å². The van der Waals surface area contributed by atoms with Crippen LogP contribution >= 0.6 is 11.8 Å². The summed E-state index contributed by atoms with van der Waals surface area (Å²) in [7, 11) is 0. The maximum atomic E-state index is 12.6. The third-order valence-electron chi connectivity index (χ3n) is 4.84. The Kier molecular flexibility index (Phi) is 4.73. The number of fused-ring (bicyclic) bond motifs is 2. The smallest absolute Gasteiger partial charge is 0.243 e. The number of carbonyl (C=O) groups excluding carboxylic acids is 1. The van der Waals surface area contributed by atoms with Gasteiger partial charge in [0.25, 0.3) is 0 Å². The van der Waals surface area contributed by atoms with E-state index in [2.05, 4.69) is 23.7 Å². The van der Waals surface area contributed by atoms with E-state index in [1.165, 1.54) is 12.8 Å². The highest BCUT2D eigenvalue weighted by atomic mass is 32.2. The molecule has 1 aromatic rings. The van der Waals surface area contributed by atoms with Crippen molar-refractivity contribution >= 4 is 17.7 Å². The molecule has 1 amide bonds. The first-order valence-corrected chi connectivity index (χ1v) is 9.24. The van der Waals surface area contributed by atoms with E-state index >= 15 is 0 Å². The van der Waals surface area contributed by atoms with Crippen molar-refractivity contribution in [3.8, 4) is 0 Å². The molecule has 2 aliphatic carbocycles. The number of nitrogens with one attached hydrogen (secondary N) is 1. The molecule has 1 saturated carbocycles. The SMILES string of the molecule is CSCC[C@@H](C(=O)NC[C@@H]1C[C@H]2C=C[C@H]1C2)n1cccc1. The molecule has 0 radical (unpaired) electrons. The van der Waals surface area contributed by atoms with Gasteiger partial charge in [-0.05, 0) is 61.2 Å². The molecule has 2 bridgehead atoms. The van der Waals surface area contributed by atoms with Gasteiger partial charge in [-0.3, -0.25) is 4.79 Å². The highest BCUT2D eigenvalue weighted by Gasteiger charge is 2.35. The van der Waals surface area contributed by atoms with Gasteiger partial charge in [0.1, 0.15) is 6.04 Å². The number of hydrogen-bond donors (Lipinski definition) is 1. The van der Waals surface area contributed by atoms with Crippen molar-refractivity contribution < 1.29 is 4.79 Å². The Morgan fingerprint density at radius 1 is 1.33 bits per heavy atom. The first kappa shape index (κ1) is 14.8. The second-order valence-electron chi connectivity index (χ2n) is 6.21. The van der Waals surface area contributed by atoms with Gasteiger partial charge in [0.05, 0.1) is 0 Å². The fourth-order valence-corrected chi connectivity index (χ4v) is 4.14. The largest absolute Gasteiger partial charge is 0.354 e. The molecule has 1 heterocycles. The lowest BCUT2D eigenvalue weighted by atomic mass is 9.93. The predicted octanol–water partition coefficient (Wildman–Crippen LogP) is 3.11. The van der Waals surface area contributed by atoms with E-state index in [1.54, 1.807) is 11.8 Å². The average molecular weight is 304 g/mol. The molecule has 4 heteroatoms. The summed E-state index contributed by atoms with van der Waals surface area (Å²) in [5.41, 5.74) is 0. The first-order chi connectivity index (χ1) is 10.3. The van der Waals surface area contributed by atoms with E-state index < -0.39 is 0 Å². The molecule has 0 unspecified atom stereocenters. The Labute approximate surface area is 131 Å². The quantitative estimate of drug-likeness (QED) is 0.785. The summed E-state index contributed by atoms with van der Waals surface area (Å²) < 4.78 is 2.03. The molecule has 2 aliphatic rings. The van der Waals surface area contributed by atoms with Gasteiger partial charge in [-0.25, -0.2) is 0 Å². The number of aromatic nitrogens is 1. The molecule has 1 N–H and O–H groups in total. The minimum absolute atomic E-state index is 0.0680. The molecule has 1 fully saturated rings. The minimum atomic E-state index is -0.0680. The zero-order valence-corrected chi connectivity index (χ0v) is 13.4. The van der Waals surface area contributed by atoms with Crippen molar-refractivity contribution in [2.75, 3.05) is 18.6 Å². The van der Waals surface area contributed by atoms with Crippen LogP contribution in [0.2, 0.25) is 0 Å². The third-order valence-corrected chi connectivity index (χ3v) is 5.48. The zero-order valence-electron chi connectivity index (χ0n) is 12.6. The van der Waals surface area contributed by atoms with E-state index in [9.17, 15) is 4.79 Å². The van der Waals surface area contributed by atoms with Gasteiger partial charge in [-0.1, -0.05) is 12.2 Å². The van der Waals surface area contributed by atoms with Gasteiger partial charge in [-0.15, -0.1) is 0 Å². The minimum Gasteiger partial charge on any atom is -0.354 e. The summed E-state index contributed by atoms with van der Waals surface area (Å²) in [6.45, 7) is 0.835. The fraction of sp³-hybridized carbons (Fsp3) is 0.588. The van der Waals surface area contributed by atoms with Crippen LogP contribution in [0.5, 0.6) is 0 Å². The van der Waals surface area contributed by atoms with Crippen LogP contribution in [-0.2, 0) is 4.79 Å². The molecule has 0 saturated heterocycles. The van der Waals surface area contributed by atoms with Crippen LogP contribution in [0.4, 0.5) is 0 Å². The Bertz CT molecular complexity index is 497. The van der Waals surface area contributed by atoms with Crippen LogP contribution in [0.3, 0.4) is 0 Å². The summed E-state index contributed by atoms with van der Waals surface area (Å²) in [5, 5.41) is 3.20. The Hall–Kier alpha value is -1.16. The van der Waals surface area contributed by atoms with Crippen molar-refractivity contribution in [2.45, 2.75) is 25.3 Å². The number of carbonyl (C=O) groups is 1. The van der Waals surface area contributed by atoms with Crippen molar-refractivity contribution in [3.63, 3.8) is 0 Å². The van der Waals surface area contributed by atoms with Crippen molar-refractivity contribution in [1.29, 1.82) is 0 Å². The van der Waals surface area contributed by atoms with Crippen LogP contribution in [0.15, 0.2) is 36.7 Å².